The summed E-state index contributed by atoms with van der Waals surface area (Å²) in [7, 11) is 1.62. The van der Waals surface area contributed by atoms with Crippen LogP contribution < -0.4 is 10.1 Å². The molecule has 0 aliphatic carbocycles. The highest BCUT2D eigenvalue weighted by molar-refractivity contribution is 5.58. The summed E-state index contributed by atoms with van der Waals surface area (Å²) in [6.07, 6.45) is -0.760. The molecule has 96 valence electrons. The molecule has 0 aliphatic rings. The van der Waals surface area contributed by atoms with Crippen LogP contribution >= 0.6 is 0 Å². The molecule has 1 aromatic rings. The Labute approximate surface area is 102 Å². The van der Waals surface area contributed by atoms with E-state index in [1.807, 2.05) is 18.2 Å². The SMILES string of the molecule is COc1cc(C(C)C)ccc1NCC(O)CO. The van der Waals surface area contributed by atoms with Gasteiger partial charge in [-0.05, 0) is 23.6 Å². The Balaban J connectivity index is 2.78. The molecule has 1 unspecified atom stereocenters. The van der Waals surface area contributed by atoms with Crippen LogP contribution in [-0.4, -0.2) is 36.6 Å². The maximum Gasteiger partial charge on any atom is 0.142 e. The molecule has 0 saturated carbocycles. The van der Waals surface area contributed by atoms with E-state index in [1.54, 1.807) is 7.11 Å². The predicted molar refractivity (Wildman–Crippen MR) is 68.7 cm³/mol. The molecule has 0 bridgehead atoms. The van der Waals surface area contributed by atoms with Gasteiger partial charge in [0.25, 0.3) is 0 Å². The minimum Gasteiger partial charge on any atom is -0.495 e. The van der Waals surface area contributed by atoms with Crippen LogP contribution in [-0.2, 0) is 0 Å². The Morgan fingerprint density at radius 3 is 2.59 bits per heavy atom. The minimum atomic E-state index is -0.760. The molecule has 0 fully saturated rings. The maximum atomic E-state index is 9.27. The third-order valence-corrected chi connectivity index (χ3v) is 2.63. The summed E-state index contributed by atoms with van der Waals surface area (Å²) in [5.41, 5.74) is 2.03. The molecule has 0 aromatic heterocycles. The van der Waals surface area contributed by atoms with E-state index >= 15 is 0 Å². The van der Waals surface area contributed by atoms with Gasteiger partial charge in [0, 0.05) is 6.54 Å². The first-order valence-electron chi connectivity index (χ1n) is 5.79. The fourth-order valence-corrected chi connectivity index (χ4v) is 1.51. The molecule has 1 rings (SSSR count). The zero-order chi connectivity index (χ0) is 12.8. The number of ether oxygens (including phenoxy) is 1. The largest absolute Gasteiger partial charge is 0.495 e. The highest BCUT2D eigenvalue weighted by Crippen LogP contribution is 2.28. The van der Waals surface area contributed by atoms with Gasteiger partial charge < -0.3 is 20.3 Å². The predicted octanol–water partition coefficient (Wildman–Crippen LogP) is 1.58. The summed E-state index contributed by atoms with van der Waals surface area (Å²) in [6.45, 7) is 4.29. The molecule has 1 aromatic carbocycles. The quantitative estimate of drug-likeness (QED) is 0.705. The van der Waals surface area contributed by atoms with E-state index in [0.29, 0.717) is 12.5 Å². The molecule has 4 heteroatoms. The Bertz CT molecular complexity index is 353. The lowest BCUT2D eigenvalue weighted by molar-refractivity contribution is 0.105. The molecule has 0 heterocycles. The highest BCUT2D eigenvalue weighted by Gasteiger charge is 2.08. The standard InChI is InChI=1S/C13H21NO3/c1-9(2)10-4-5-12(13(6-10)17-3)14-7-11(16)8-15/h4-6,9,11,14-16H,7-8H2,1-3H3. The van der Waals surface area contributed by atoms with E-state index < -0.39 is 6.10 Å². The van der Waals surface area contributed by atoms with E-state index in [-0.39, 0.29) is 6.61 Å². The second kappa shape index (κ2) is 6.47. The average molecular weight is 239 g/mol. The Hall–Kier alpha value is -1.26. The molecule has 0 radical (unpaired) electrons. The van der Waals surface area contributed by atoms with Crippen LogP contribution in [0.2, 0.25) is 0 Å². The molecule has 0 saturated heterocycles. The second-order valence-corrected chi connectivity index (χ2v) is 4.33. The van der Waals surface area contributed by atoms with Crippen molar-refractivity contribution in [1.29, 1.82) is 0 Å². The van der Waals surface area contributed by atoms with Crippen LogP contribution in [0.1, 0.15) is 25.3 Å². The number of rotatable bonds is 6. The zero-order valence-electron chi connectivity index (χ0n) is 10.6. The van der Waals surface area contributed by atoms with Gasteiger partial charge in [0.1, 0.15) is 5.75 Å². The Morgan fingerprint density at radius 2 is 2.06 bits per heavy atom. The number of hydrogen-bond donors (Lipinski definition) is 3. The van der Waals surface area contributed by atoms with Crippen LogP contribution in [0.4, 0.5) is 5.69 Å². The lowest BCUT2D eigenvalue weighted by Crippen LogP contribution is -2.23. The summed E-state index contributed by atoms with van der Waals surface area (Å²) in [5, 5.41) is 21.1. The molecule has 0 spiro atoms. The first-order chi connectivity index (χ1) is 8.08. The number of aliphatic hydroxyl groups excluding tert-OH is 2. The van der Waals surface area contributed by atoms with Crippen molar-refractivity contribution in [1.82, 2.24) is 0 Å². The molecule has 1 atom stereocenters. The first-order valence-corrected chi connectivity index (χ1v) is 5.79. The monoisotopic (exact) mass is 239 g/mol. The van der Waals surface area contributed by atoms with Gasteiger partial charge in [-0.1, -0.05) is 19.9 Å². The first kappa shape index (κ1) is 13.8. The number of benzene rings is 1. The summed E-state index contributed by atoms with van der Waals surface area (Å²) in [6, 6.07) is 5.94. The lowest BCUT2D eigenvalue weighted by atomic mass is 10.0. The molecule has 0 aliphatic heterocycles. The smallest absolute Gasteiger partial charge is 0.142 e. The van der Waals surface area contributed by atoms with Crippen molar-refractivity contribution in [2.24, 2.45) is 0 Å². The fourth-order valence-electron chi connectivity index (χ4n) is 1.51. The van der Waals surface area contributed by atoms with Gasteiger partial charge in [0.2, 0.25) is 0 Å². The topological polar surface area (TPSA) is 61.7 Å². The summed E-state index contributed by atoms with van der Waals surface area (Å²) < 4.78 is 5.30. The third kappa shape index (κ3) is 3.91. The van der Waals surface area contributed by atoms with Crippen molar-refractivity contribution in [3.63, 3.8) is 0 Å². The fraction of sp³-hybridized carbons (Fsp3) is 0.538. The van der Waals surface area contributed by atoms with Gasteiger partial charge in [-0.15, -0.1) is 0 Å². The molecule has 4 nitrogen and oxygen atoms in total. The van der Waals surface area contributed by atoms with Crippen LogP contribution in [0.3, 0.4) is 0 Å². The number of nitrogens with one attached hydrogen (secondary N) is 1. The Kier molecular flexibility index (Phi) is 5.25. The maximum absolute atomic E-state index is 9.27. The number of hydrogen-bond acceptors (Lipinski definition) is 4. The van der Waals surface area contributed by atoms with E-state index in [1.165, 1.54) is 5.56 Å². The number of anilines is 1. The van der Waals surface area contributed by atoms with Crippen LogP contribution in [0.5, 0.6) is 5.75 Å². The molecular formula is C13H21NO3. The van der Waals surface area contributed by atoms with E-state index in [9.17, 15) is 5.11 Å². The highest BCUT2D eigenvalue weighted by atomic mass is 16.5. The van der Waals surface area contributed by atoms with Crippen LogP contribution in [0, 0.1) is 0 Å². The summed E-state index contributed by atoms with van der Waals surface area (Å²) >= 11 is 0. The molecule has 0 amide bonds. The molecular weight excluding hydrogens is 218 g/mol. The van der Waals surface area contributed by atoms with Gasteiger partial charge in [-0.25, -0.2) is 0 Å². The normalized spacial score (nSPS) is 12.6. The summed E-state index contributed by atoms with van der Waals surface area (Å²) in [4.78, 5) is 0. The van der Waals surface area contributed by atoms with E-state index in [0.717, 1.165) is 11.4 Å². The number of methoxy groups -OCH3 is 1. The summed E-state index contributed by atoms with van der Waals surface area (Å²) in [5.74, 6) is 1.20. The average Bonchev–Trinajstić information content (AvgIpc) is 2.35. The van der Waals surface area contributed by atoms with Gasteiger partial charge in [-0.3, -0.25) is 0 Å². The van der Waals surface area contributed by atoms with Crippen LogP contribution in [0.25, 0.3) is 0 Å². The van der Waals surface area contributed by atoms with Crippen molar-refractivity contribution in [2.45, 2.75) is 25.9 Å². The van der Waals surface area contributed by atoms with E-state index in [4.69, 9.17) is 9.84 Å². The van der Waals surface area contributed by atoms with Crippen molar-refractivity contribution < 1.29 is 14.9 Å². The second-order valence-electron chi connectivity index (χ2n) is 4.33. The van der Waals surface area contributed by atoms with Crippen molar-refractivity contribution in [2.75, 3.05) is 25.6 Å². The number of aliphatic hydroxyl groups is 2. The van der Waals surface area contributed by atoms with Gasteiger partial charge in [0.05, 0.1) is 25.5 Å². The van der Waals surface area contributed by atoms with Gasteiger partial charge >= 0.3 is 0 Å². The van der Waals surface area contributed by atoms with Crippen molar-refractivity contribution >= 4 is 5.69 Å². The Morgan fingerprint density at radius 1 is 1.35 bits per heavy atom. The van der Waals surface area contributed by atoms with Crippen molar-refractivity contribution in [3.05, 3.63) is 23.8 Å². The third-order valence-electron chi connectivity index (χ3n) is 2.63. The van der Waals surface area contributed by atoms with E-state index in [2.05, 4.69) is 19.2 Å². The van der Waals surface area contributed by atoms with Gasteiger partial charge in [-0.2, -0.15) is 0 Å². The lowest BCUT2D eigenvalue weighted by Gasteiger charge is -2.15. The molecule has 3 N–H and O–H groups in total. The molecule has 17 heavy (non-hydrogen) atoms. The zero-order valence-corrected chi connectivity index (χ0v) is 10.6. The van der Waals surface area contributed by atoms with Gasteiger partial charge in [0.15, 0.2) is 0 Å². The van der Waals surface area contributed by atoms with Crippen LogP contribution in [0.15, 0.2) is 18.2 Å². The van der Waals surface area contributed by atoms with Crippen molar-refractivity contribution in [3.8, 4) is 5.75 Å². The minimum absolute atomic E-state index is 0.251.